The van der Waals surface area contributed by atoms with Gasteiger partial charge in [-0.25, -0.2) is 4.98 Å². The number of nitrogens with zero attached hydrogens (tertiary/aromatic N) is 1. The second-order valence-electron chi connectivity index (χ2n) is 4.27. The van der Waals surface area contributed by atoms with E-state index in [0.29, 0.717) is 0 Å². The van der Waals surface area contributed by atoms with Gasteiger partial charge in [0.2, 0.25) is 0 Å². The van der Waals surface area contributed by atoms with Crippen molar-refractivity contribution < 1.29 is 4.74 Å². The van der Waals surface area contributed by atoms with E-state index in [1.165, 1.54) is 5.56 Å². The molecule has 0 amide bonds. The standard InChI is InChI=1S/C16H12BrNOS/c1-19-14-7-5-11(6-8-14)16-18-10-15(20-16)12-3-2-4-13(17)9-12/h2-10H,1H3. The molecular formula is C16H12BrNOS. The summed E-state index contributed by atoms with van der Waals surface area (Å²) in [5.74, 6) is 0.859. The molecule has 0 bridgehead atoms. The number of benzene rings is 2. The van der Waals surface area contributed by atoms with Crippen molar-refractivity contribution in [2.24, 2.45) is 0 Å². The van der Waals surface area contributed by atoms with Crippen molar-refractivity contribution >= 4 is 27.3 Å². The van der Waals surface area contributed by atoms with Gasteiger partial charge < -0.3 is 4.74 Å². The zero-order valence-electron chi connectivity index (χ0n) is 10.8. The van der Waals surface area contributed by atoms with E-state index >= 15 is 0 Å². The van der Waals surface area contributed by atoms with Crippen molar-refractivity contribution in [3.8, 4) is 26.8 Å². The normalized spacial score (nSPS) is 10.5. The van der Waals surface area contributed by atoms with Crippen LogP contribution in [-0.2, 0) is 0 Å². The van der Waals surface area contributed by atoms with Crippen molar-refractivity contribution in [1.29, 1.82) is 0 Å². The van der Waals surface area contributed by atoms with Crippen LogP contribution in [0.3, 0.4) is 0 Å². The highest BCUT2D eigenvalue weighted by atomic mass is 79.9. The molecule has 1 aromatic heterocycles. The van der Waals surface area contributed by atoms with Crippen LogP contribution >= 0.6 is 27.3 Å². The first-order valence-electron chi connectivity index (χ1n) is 6.12. The summed E-state index contributed by atoms with van der Waals surface area (Å²) in [6.45, 7) is 0. The van der Waals surface area contributed by atoms with Gasteiger partial charge in [0.25, 0.3) is 0 Å². The second-order valence-corrected chi connectivity index (χ2v) is 6.21. The molecule has 0 radical (unpaired) electrons. The van der Waals surface area contributed by atoms with Crippen molar-refractivity contribution in [3.05, 3.63) is 59.2 Å². The molecule has 0 atom stereocenters. The molecule has 3 aromatic rings. The fourth-order valence-electron chi connectivity index (χ4n) is 1.92. The lowest BCUT2D eigenvalue weighted by Crippen LogP contribution is -1.81. The van der Waals surface area contributed by atoms with Gasteiger partial charge in [0.1, 0.15) is 10.8 Å². The zero-order valence-corrected chi connectivity index (χ0v) is 13.2. The molecule has 2 aromatic carbocycles. The summed E-state index contributed by atoms with van der Waals surface area (Å²) in [7, 11) is 1.67. The molecule has 20 heavy (non-hydrogen) atoms. The van der Waals surface area contributed by atoms with Gasteiger partial charge in [0.05, 0.1) is 12.0 Å². The monoisotopic (exact) mass is 345 g/mol. The number of methoxy groups -OCH3 is 1. The number of aromatic nitrogens is 1. The van der Waals surface area contributed by atoms with Gasteiger partial charge in [0.15, 0.2) is 0 Å². The van der Waals surface area contributed by atoms with E-state index < -0.39 is 0 Å². The van der Waals surface area contributed by atoms with Crippen LogP contribution in [0.25, 0.3) is 21.0 Å². The second kappa shape index (κ2) is 5.77. The smallest absolute Gasteiger partial charge is 0.123 e. The first-order valence-corrected chi connectivity index (χ1v) is 7.73. The quantitative estimate of drug-likeness (QED) is 0.646. The lowest BCUT2D eigenvalue weighted by Gasteiger charge is -2.00. The maximum absolute atomic E-state index is 5.17. The molecule has 100 valence electrons. The van der Waals surface area contributed by atoms with E-state index in [2.05, 4.69) is 33.0 Å². The molecule has 0 spiro atoms. The van der Waals surface area contributed by atoms with Gasteiger partial charge in [-0.15, -0.1) is 11.3 Å². The number of hydrogen-bond acceptors (Lipinski definition) is 3. The third kappa shape index (κ3) is 2.76. The fraction of sp³-hybridized carbons (Fsp3) is 0.0625. The summed E-state index contributed by atoms with van der Waals surface area (Å²) in [4.78, 5) is 5.67. The Morgan fingerprint density at radius 2 is 1.85 bits per heavy atom. The lowest BCUT2D eigenvalue weighted by atomic mass is 10.2. The first kappa shape index (κ1) is 13.3. The highest BCUT2D eigenvalue weighted by Gasteiger charge is 2.07. The van der Waals surface area contributed by atoms with E-state index in [-0.39, 0.29) is 0 Å². The van der Waals surface area contributed by atoms with Gasteiger partial charge >= 0.3 is 0 Å². The Kier molecular flexibility index (Phi) is 3.85. The minimum absolute atomic E-state index is 0.859. The molecule has 0 N–H and O–H groups in total. The molecule has 3 rings (SSSR count). The Morgan fingerprint density at radius 3 is 2.55 bits per heavy atom. The van der Waals surface area contributed by atoms with Crippen molar-refractivity contribution in [3.63, 3.8) is 0 Å². The average Bonchev–Trinajstić information content (AvgIpc) is 2.97. The number of hydrogen-bond donors (Lipinski definition) is 0. The van der Waals surface area contributed by atoms with Gasteiger partial charge in [0, 0.05) is 16.2 Å². The molecule has 2 nitrogen and oxygen atoms in total. The predicted octanol–water partition coefficient (Wildman–Crippen LogP) is 5.25. The Morgan fingerprint density at radius 1 is 1.05 bits per heavy atom. The molecular weight excluding hydrogens is 334 g/mol. The zero-order chi connectivity index (χ0) is 13.9. The number of halogens is 1. The summed E-state index contributed by atoms with van der Waals surface area (Å²) in [6, 6.07) is 16.2. The third-order valence-corrected chi connectivity index (χ3v) is 4.54. The van der Waals surface area contributed by atoms with Crippen LogP contribution in [-0.4, -0.2) is 12.1 Å². The molecule has 1 heterocycles. The Bertz CT molecular complexity index is 721. The number of ether oxygens (including phenoxy) is 1. The molecule has 0 saturated heterocycles. The molecule has 0 fully saturated rings. The summed E-state index contributed by atoms with van der Waals surface area (Å²) in [6.07, 6.45) is 1.92. The summed E-state index contributed by atoms with van der Waals surface area (Å²) >= 11 is 5.19. The van der Waals surface area contributed by atoms with E-state index in [0.717, 1.165) is 25.7 Å². The Balaban J connectivity index is 1.93. The number of rotatable bonds is 3. The Labute approximate surface area is 130 Å². The first-order chi connectivity index (χ1) is 9.76. The van der Waals surface area contributed by atoms with Crippen LogP contribution in [0.5, 0.6) is 5.75 Å². The predicted molar refractivity (Wildman–Crippen MR) is 87.2 cm³/mol. The molecule has 0 saturated carbocycles. The molecule has 0 aliphatic rings. The maximum Gasteiger partial charge on any atom is 0.123 e. The van der Waals surface area contributed by atoms with Crippen LogP contribution in [0.4, 0.5) is 0 Å². The highest BCUT2D eigenvalue weighted by Crippen LogP contribution is 2.33. The van der Waals surface area contributed by atoms with E-state index in [1.54, 1.807) is 18.4 Å². The van der Waals surface area contributed by atoms with Crippen molar-refractivity contribution in [2.45, 2.75) is 0 Å². The third-order valence-electron chi connectivity index (χ3n) is 2.95. The highest BCUT2D eigenvalue weighted by molar-refractivity contribution is 9.10. The summed E-state index contributed by atoms with van der Waals surface area (Å²) < 4.78 is 6.25. The van der Waals surface area contributed by atoms with Crippen molar-refractivity contribution in [2.75, 3.05) is 7.11 Å². The van der Waals surface area contributed by atoms with Gasteiger partial charge in [-0.3, -0.25) is 0 Å². The van der Waals surface area contributed by atoms with E-state index in [1.807, 2.05) is 42.6 Å². The maximum atomic E-state index is 5.17. The van der Waals surface area contributed by atoms with E-state index in [4.69, 9.17) is 4.74 Å². The summed E-state index contributed by atoms with van der Waals surface area (Å²) in [5, 5.41) is 1.02. The average molecular weight is 346 g/mol. The van der Waals surface area contributed by atoms with Crippen LogP contribution in [0.2, 0.25) is 0 Å². The van der Waals surface area contributed by atoms with Crippen LogP contribution in [0, 0.1) is 0 Å². The van der Waals surface area contributed by atoms with E-state index in [9.17, 15) is 0 Å². The van der Waals surface area contributed by atoms with Gasteiger partial charge in [-0.2, -0.15) is 0 Å². The van der Waals surface area contributed by atoms with Gasteiger partial charge in [-0.1, -0.05) is 28.1 Å². The molecule has 4 heteroatoms. The lowest BCUT2D eigenvalue weighted by molar-refractivity contribution is 0.415. The topological polar surface area (TPSA) is 22.1 Å². The minimum Gasteiger partial charge on any atom is -0.497 e. The van der Waals surface area contributed by atoms with Crippen LogP contribution in [0.1, 0.15) is 0 Å². The molecule has 0 unspecified atom stereocenters. The largest absolute Gasteiger partial charge is 0.497 e. The fourth-order valence-corrected chi connectivity index (χ4v) is 3.23. The van der Waals surface area contributed by atoms with Crippen LogP contribution in [0.15, 0.2) is 59.2 Å². The Hall–Kier alpha value is -1.65. The van der Waals surface area contributed by atoms with Crippen molar-refractivity contribution in [1.82, 2.24) is 4.98 Å². The molecule has 0 aliphatic carbocycles. The minimum atomic E-state index is 0.859. The van der Waals surface area contributed by atoms with Crippen LogP contribution < -0.4 is 4.74 Å². The SMILES string of the molecule is COc1ccc(-c2ncc(-c3cccc(Br)c3)s2)cc1. The number of thiazole rings is 1. The van der Waals surface area contributed by atoms with Gasteiger partial charge in [-0.05, 0) is 42.0 Å². The summed E-state index contributed by atoms with van der Waals surface area (Å²) in [5.41, 5.74) is 2.29. The molecule has 0 aliphatic heterocycles.